The van der Waals surface area contributed by atoms with Crippen LogP contribution in [-0.4, -0.2) is 25.0 Å². The number of aromatic nitrogens is 1. The fraction of sp³-hybridized carbons (Fsp3) is 0.133. The monoisotopic (exact) mass is 284 g/mol. The van der Waals surface area contributed by atoms with Crippen molar-refractivity contribution in [3.8, 4) is 6.07 Å². The van der Waals surface area contributed by atoms with E-state index in [0.29, 0.717) is 11.3 Å². The lowest BCUT2D eigenvalue weighted by Gasteiger charge is -2.18. The van der Waals surface area contributed by atoms with Crippen LogP contribution < -0.4 is 10.2 Å². The number of halogens is 1. The Hall–Kier alpha value is -2.94. The molecule has 1 aromatic carbocycles. The van der Waals surface area contributed by atoms with Crippen molar-refractivity contribution < 1.29 is 9.18 Å². The largest absolute Gasteiger partial charge is 0.371 e. The van der Waals surface area contributed by atoms with Gasteiger partial charge in [-0.2, -0.15) is 5.26 Å². The van der Waals surface area contributed by atoms with Gasteiger partial charge in [0.15, 0.2) is 11.6 Å². The molecule has 6 heteroatoms. The molecule has 0 spiro atoms. The minimum absolute atomic E-state index is 0.0139. The number of pyridine rings is 1. The average Bonchev–Trinajstić information content (AvgIpc) is 2.53. The van der Waals surface area contributed by atoms with Crippen molar-refractivity contribution in [1.29, 1.82) is 5.26 Å². The Balaban J connectivity index is 2.38. The van der Waals surface area contributed by atoms with Crippen LogP contribution in [0.25, 0.3) is 0 Å². The van der Waals surface area contributed by atoms with Crippen molar-refractivity contribution in [2.75, 3.05) is 24.3 Å². The van der Waals surface area contributed by atoms with Crippen molar-refractivity contribution in [3.63, 3.8) is 0 Å². The summed E-state index contributed by atoms with van der Waals surface area (Å²) in [7, 11) is 3.05. The smallest absolute Gasteiger partial charge is 0.261 e. The molecule has 2 rings (SSSR count). The molecular weight excluding hydrogens is 271 g/mol. The second-order valence-corrected chi connectivity index (χ2v) is 4.30. The second kappa shape index (κ2) is 6.01. The van der Waals surface area contributed by atoms with Gasteiger partial charge in [0, 0.05) is 26.0 Å². The van der Waals surface area contributed by atoms with Crippen LogP contribution in [0.1, 0.15) is 15.9 Å². The summed E-state index contributed by atoms with van der Waals surface area (Å²) in [6, 6.07) is 9.86. The van der Waals surface area contributed by atoms with Gasteiger partial charge < -0.3 is 10.2 Å². The highest BCUT2D eigenvalue weighted by Crippen LogP contribution is 2.20. The molecule has 1 amide bonds. The maximum atomic E-state index is 14.1. The van der Waals surface area contributed by atoms with E-state index in [2.05, 4.69) is 10.3 Å². The average molecular weight is 284 g/mol. The van der Waals surface area contributed by atoms with Crippen LogP contribution >= 0.6 is 0 Å². The molecule has 1 aromatic heterocycles. The van der Waals surface area contributed by atoms with Crippen molar-refractivity contribution in [2.24, 2.45) is 0 Å². The number of rotatable bonds is 3. The van der Waals surface area contributed by atoms with Crippen LogP contribution in [0.15, 0.2) is 36.5 Å². The molecule has 0 bridgehead atoms. The lowest BCUT2D eigenvalue weighted by Crippen LogP contribution is -2.27. The maximum Gasteiger partial charge on any atom is 0.261 e. The number of nitrogens with zero attached hydrogens (tertiary/aromatic N) is 3. The zero-order chi connectivity index (χ0) is 15.4. The van der Waals surface area contributed by atoms with Gasteiger partial charge in [-0.05, 0) is 24.3 Å². The molecule has 0 saturated heterocycles. The molecule has 0 saturated carbocycles. The van der Waals surface area contributed by atoms with Crippen LogP contribution in [0.4, 0.5) is 15.9 Å². The number of amides is 1. The molecular formula is C15H13FN4O. The molecule has 0 atom stereocenters. The first-order valence-electron chi connectivity index (χ1n) is 6.19. The summed E-state index contributed by atoms with van der Waals surface area (Å²) >= 11 is 0. The molecule has 0 aliphatic rings. The molecule has 106 valence electrons. The van der Waals surface area contributed by atoms with Gasteiger partial charge in [-0.15, -0.1) is 0 Å². The highest BCUT2D eigenvalue weighted by molar-refractivity contribution is 6.06. The van der Waals surface area contributed by atoms with Gasteiger partial charge in [-0.3, -0.25) is 4.79 Å². The first kappa shape index (κ1) is 14.5. The van der Waals surface area contributed by atoms with E-state index >= 15 is 0 Å². The van der Waals surface area contributed by atoms with Crippen LogP contribution in [0.5, 0.6) is 0 Å². The number of carbonyl (C=O) groups is 1. The van der Waals surface area contributed by atoms with Gasteiger partial charge in [0.2, 0.25) is 0 Å². The molecule has 0 fully saturated rings. The van der Waals surface area contributed by atoms with Crippen LogP contribution in [0.3, 0.4) is 0 Å². The van der Waals surface area contributed by atoms with Crippen molar-refractivity contribution in [2.45, 2.75) is 0 Å². The summed E-state index contributed by atoms with van der Waals surface area (Å²) in [6.07, 6.45) is 1.36. The molecule has 0 unspecified atom stereocenters. The first-order valence-corrected chi connectivity index (χ1v) is 6.19. The highest BCUT2D eigenvalue weighted by atomic mass is 19.1. The number of benzene rings is 1. The number of hydrogen-bond donors (Lipinski definition) is 1. The van der Waals surface area contributed by atoms with Gasteiger partial charge in [-0.25, -0.2) is 9.37 Å². The minimum atomic E-state index is -0.701. The van der Waals surface area contributed by atoms with E-state index < -0.39 is 11.7 Å². The Kier molecular flexibility index (Phi) is 4.14. The Bertz CT molecular complexity index is 724. The van der Waals surface area contributed by atoms with Gasteiger partial charge in [0.1, 0.15) is 0 Å². The lowest BCUT2D eigenvalue weighted by molar-refractivity contribution is 0.0989. The maximum absolute atomic E-state index is 14.1. The van der Waals surface area contributed by atoms with Gasteiger partial charge in [0.25, 0.3) is 5.91 Å². The summed E-state index contributed by atoms with van der Waals surface area (Å²) in [5.41, 5.74) is 0.860. The van der Waals surface area contributed by atoms with Crippen LogP contribution in [0, 0.1) is 17.1 Å². The summed E-state index contributed by atoms with van der Waals surface area (Å²) < 4.78 is 14.1. The van der Waals surface area contributed by atoms with E-state index in [1.54, 1.807) is 24.3 Å². The summed E-state index contributed by atoms with van der Waals surface area (Å²) in [5.74, 6) is -1.20. The summed E-state index contributed by atoms with van der Waals surface area (Å²) in [6.45, 7) is 0. The third-order valence-electron chi connectivity index (χ3n) is 3.02. The van der Waals surface area contributed by atoms with E-state index in [1.165, 1.54) is 31.3 Å². The van der Waals surface area contributed by atoms with Crippen molar-refractivity contribution >= 4 is 17.4 Å². The number of carbonyl (C=O) groups excluding carboxylic acids is 1. The van der Waals surface area contributed by atoms with Crippen LogP contribution in [-0.2, 0) is 0 Å². The van der Waals surface area contributed by atoms with E-state index in [4.69, 9.17) is 5.26 Å². The van der Waals surface area contributed by atoms with Crippen molar-refractivity contribution in [1.82, 2.24) is 4.98 Å². The number of nitrogens with one attached hydrogen (secondary N) is 1. The summed E-state index contributed by atoms with van der Waals surface area (Å²) in [5, 5.41) is 11.5. The standard InChI is InChI=1S/C15H13FN4O/c1-18-14-13(16)12(6-7-19-14)15(21)20(2)11-5-3-4-10(8-11)9-17/h3-8H,1-2H3,(H,18,19). The molecule has 1 heterocycles. The normalized spacial score (nSPS) is 9.81. The molecule has 5 nitrogen and oxygen atoms in total. The Labute approximate surface area is 121 Å². The zero-order valence-corrected chi connectivity index (χ0v) is 11.6. The van der Waals surface area contributed by atoms with Crippen LogP contribution in [0.2, 0.25) is 0 Å². The highest BCUT2D eigenvalue weighted by Gasteiger charge is 2.20. The molecule has 0 aliphatic carbocycles. The SMILES string of the molecule is CNc1nccc(C(=O)N(C)c2cccc(C#N)c2)c1F. The van der Waals surface area contributed by atoms with E-state index in [-0.39, 0.29) is 11.4 Å². The third-order valence-corrected chi connectivity index (χ3v) is 3.02. The number of anilines is 2. The van der Waals surface area contributed by atoms with Gasteiger partial charge in [-0.1, -0.05) is 6.07 Å². The number of hydrogen-bond acceptors (Lipinski definition) is 4. The predicted octanol–water partition coefficient (Wildman–Crippen LogP) is 2.41. The second-order valence-electron chi connectivity index (χ2n) is 4.30. The van der Waals surface area contributed by atoms with Crippen molar-refractivity contribution in [3.05, 3.63) is 53.5 Å². The molecule has 1 N–H and O–H groups in total. The quantitative estimate of drug-likeness (QED) is 0.939. The number of nitriles is 1. The fourth-order valence-electron chi connectivity index (χ4n) is 1.87. The van der Waals surface area contributed by atoms with Gasteiger partial charge >= 0.3 is 0 Å². The Morgan fingerprint density at radius 3 is 2.86 bits per heavy atom. The Morgan fingerprint density at radius 1 is 1.43 bits per heavy atom. The summed E-state index contributed by atoms with van der Waals surface area (Å²) in [4.78, 5) is 17.5. The fourth-order valence-corrected chi connectivity index (χ4v) is 1.87. The zero-order valence-electron chi connectivity index (χ0n) is 11.6. The molecule has 2 aromatic rings. The third kappa shape index (κ3) is 2.82. The molecule has 21 heavy (non-hydrogen) atoms. The van der Waals surface area contributed by atoms with E-state index in [0.717, 1.165) is 0 Å². The van der Waals surface area contributed by atoms with E-state index in [1.807, 2.05) is 6.07 Å². The van der Waals surface area contributed by atoms with Gasteiger partial charge in [0.05, 0.1) is 17.2 Å². The Morgan fingerprint density at radius 2 is 2.19 bits per heavy atom. The predicted molar refractivity (Wildman–Crippen MR) is 77.6 cm³/mol. The lowest BCUT2D eigenvalue weighted by atomic mass is 10.1. The van der Waals surface area contributed by atoms with E-state index in [9.17, 15) is 9.18 Å². The topological polar surface area (TPSA) is 69.0 Å². The molecule has 0 radical (unpaired) electrons. The first-order chi connectivity index (χ1) is 10.1. The molecule has 0 aliphatic heterocycles. The minimum Gasteiger partial charge on any atom is -0.371 e.